The Morgan fingerprint density at radius 2 is 2.12 bits per heavy atom. The second-order valence-corrected chi connectivity index (χ2v) is 8.10. The van der Waals surface area contributed by atoms with Gasteiger partial charge in [-0.05, 0) is 63.5 Å². The quantitative estimate of drug-likeness (QED) is 0.858. The minimum absolute atomic E-state index is 0.0567. The summed E-state index contributed by atoms with van der Waals surface area (Å²) in [7, 11) is 1.85. The number of aryl methyl sites for hydroxylation is 1. The number of fused-ring (bicyclic) bond motifs is 1. The van der Waals surface area contributed by atoms with E-state index < -0.39 is 0 Å². The second-order valence-electron chi connectivity index (χ2n) is 8.10. The summed E-state index contributed by atoms with van der Waals surface area (Å²) < 4.78 is 12.2. The first kappa shape index (κ1) is 17.3. The molecular weight excluding hydrogens is 316 g/mol. The standard InChI is InChI=1S/C20H30N2O3/c1-14-3-6-18(23)17(21-14)12-22-10-9-20(24-2)8-7-16(11-19(20)22)25-13-15-4-5-15/h3,6,15-16,19,23H,4-5,7-13H2,1-2H3/t16-,19+,20-/m1/s1. The van der Waals surface area contributed by atoms with Crippen molar-refractivity contribution in [1.29, 1.82) is 0 Å². The SMILES string of the molecule is CO[C@@]12CC[C@@H](OCC3CC3)C[C@@H]1N(Cc1nc(C)ccc1O)CC2. The summed E-state index contributed by atoms with van der Waals surface area (Å²) in [5.41, 5.74) is 1.66. The molecule has 0 aromatic carbocycles. The molecule has 3 fully saturated rings. The first-order valence-electron chi connectivity index (χ1n) is 9.66. The van der Waals surface area contributed by atoms with E-state index in [-0.39, 0.29) is 11.4 Å². The van der Waals surface area contributed by atoms with E-state index in [1.54, 1.807) is 6.07 Å². The van der Waals surface area contributed by atoms with Crippen LogP contribution >= 0.6 is 0 Å². The van der Waals surface area contributed by atoms with Crippen molar-refractivity contribution in [2.75, 3.05) is 20.3 Å². The van der Waals surface area contributed by atoms with Crippen molar-refractivity contribution < 1.29 is 14.6 Å². The molecule has 25 heavy (non-hydrogen) atoms. The van der Waals surface area contributed by atoms with Crippen LogP contribution in [0, 0.1) is 12.8 Å². The lowest BCUT2D eigenvalue weighted by Crippen LogP contribution is -2.51. The van der Waals surface area contributed by atoms with Crippen LogP contribution in [0.4, 0.5) is 0 Å². The number of likely N-dealkylation sites (tertiary alicyclic amines) is 1. The van der Waals surface area contributed by atoms with Crippen LogP contribution < -0.4 is 0 Å². The lowest BCUT2D eigenvalue weighted by Gasteiger charge is -2.43. The summed E-state index contributed by atoms with van der Waals surface area (Å²) in [5, 5.41) is 10.2. The Morgan fingerprint density at radius 1 is 1.28 bits per heavy atom. The number of aromatic nitrogens is 1. The van der Waals surface area contributed by atoms with Gasteiger partial charge in [-0.1, -0.05) is 0 Å². The molecule has 0 bridgehead atoms. The summed E-state index contributed by atoms with van der Waals surface area (Å²) >= 11 is 0. The summed E-state index contributed by atoms with van der Waals surface area (Å²) in [6, 6.07) is 3.95. The predicted molar refractivity (Wildman–Crippen MR) is 95.5 cm³/mol. The molecule has 1 aromatic heterocycles. The Labute approximate surface area is 150 Å². The van der Waals surface area contributed by atoms with Gasteiger partial charge in [-0.25, -0.2) is 0 Å². The number of hydrogen-bond acceptors (Lipinski definition) is 5. The molecule has 5 nitrogen and oxygen atoms in total. The summed E-state index contributed by atoms with van der Waals surface area (Å²) in [5.74, 6) is 1.10. The van der Waals surface area contributed by atoms with Crippen LogP contribution in [-0.4, -0.2) is 53.0 Å². The zero-order valence-corrected chi connectivity index (χ0v) is 15.4. The van der Waals surface area contributed by atoms with E-state index in [0.29, 0.717) is 18.7 Å². The van der Waals surface area contributed by atoms with Gasteiger partial charge in [0.25, 0.3) is 0 Å². The van der Waals surface area contributed by atoms with Gasteiger partial charge in [0.1, 0.15) is 5.75 Å². The van der Waals surface area contributed by atoms with Gasteiger partial charge in [0.15, 0.2) is 0 Å². The van der Waals surface area contributed by atoms with E-state index in [9.17, 15) is 5.11 Å². The number of nitrogens with zero attached hydrogens (tertiary/aromatic N) is 2. The molecule has 0 unspecified atom stereocenters. The van der Waals surface area contributed by atoms with Gasteiger partial charge in [-0.2, -0.15) is 0 Å². The second kappa shape index (κ2) is 6.86. The van der Waals surface area contributed by atoms with E-state index in [4.69, 9.17) is 9.47 Å². The van der Waals surface area contributed by atoms with E-state index in [2.05, 4.69) is 9.88 Å². The molecule has 4 rings (SSSR count). The van der Waals surface area contributed by atoms with Gasteiger partial charge >= 0.3 is 0 Å². The molecule has 2 heterocycles. The van der Waals surface area contributed by atoms with Crippen LogP contribution in [0.2, 0.25) is 0 Å². The molecule has 3 atom stereocenters. The summed E-state index contributed by atoms with van der Waals surface area (Å²) in [6.07, 6.45) is 7.24. The molecule has 0 spiro atoms. The third-order valence-corrected chi connectivity index (χ3v) is 6.36. The molecule has 0 amide bonds. The van der Waals surface area contributed by atoms with Gasteiger partial charge in [-0.15, -0.1) is 0 Å². The highest BCUT2D eigenvalue weighted by Crippen LogP contribution is 2.44. The Hall–Kier alpha value is -1.17. The van der Waals surface area contributed by atoms with Gasteiger partial charge in [0, 0.05) is 38.5 Å². The van der Waals surface area contributed by atoms with Crippen LogP contribution in [0.15, 0.2) is 12.1 Å². The zero-order chi connectivity index (χ0) is 17.4. The van der Waals surface area contributed by atoms with Gasteiger partial charge in [0.2, 0.25) is 0 Å². The Balaban J connectivity index is 1.47. The summed E-state index contributed by atoms with van der Waals surface area (Å²) in [6.45, 7) is 4.56. The van der Waals surface area contributed by atoms with E-state index >= 15 is 0 Å². The minimum Gasteiger partial charge on any atom is -0.506 e. The van der Waals surface area contributed by atoms with Crippen molar-refractivity contribution in [2.24, 2.45) is 5.92 Å². The topological polar surface area (TPSA) is 54.8 Å². The largest absolute Gasteiger partial charge is 0.506 e. The van der Waals surface area contributed by atoms with Crippen molar-refractivity contribution in [3.05, 3.63) is 23.5 Å². The monoisotopic (exact) mass is 346 g/mol. The molecule has 5 heteroatoms. The molecule has 1 N–H and O–H groups in total. The van der Waals surface area contributed by atoms with Crippen molar-refractivity contribution in [1.82, 2.24) is 9.88 Å². The van der Waals surface area contributed by atoms with Crippen molar-refractivity contribution >= 4 is 0 Å². The number of ether oxygens (including phenoxy) is 2. The van der Waals surface area contributed by atoms with Crippen molar-refractivity contribution in [3.63, 3.8) is 0 Å². The fourth-order valence-electron chi connectivity index (χ4n) is 4.57. The Kier molecular flexibility index (Phi) is 4.73. The van der Waals surface area contributed by atoms with Gasteiger partial charge in [0.05, 0.1) is 17.4 Å². The maximum absolute atomic E-state index is 10.2. The first-order chi connectivity index (χ1) is 12.1. The predicted octanol–water partition coefficient (Wildman–Crippen LogP) is 3.03. The number of rotatable bonds is 6. The highest BCUT2D eigenvalue weighted by molar-refractivity contribution is 5.28. The van der Waals surface area contributed by atoms with Crippen LogP contribution in [0.1, 0.15) is 49.9 Å². The fraction of sp³-hybridized carbons (Fsp3) is 0.750. The molecule has 2 saturated carbocycles. The lowest BCUT2D eigenvalue weighted by atomic mass is 9.79. The van der Waals surface area contributed by atoms with Crippen LogP contribution in [0.25, 0.3) is 0 Å². The molecule has 2 aliphatic carbocycles. The summed E-state index contributed by atoms with van der Waals surface area (Å²) in [4.78, 5) is 6.99. The van der Waals surface area contributed by atoms with Crippen LogP contribution in [-0.2, 0) is 16.0 Å². The first-order valence-corrected chi connectivity index (χ1v) is 9.66. The van der Waals surface area contributed by atoms with Crippen LogP contribution in [0.5, 0.6) is 5.75 Å². The Morgan fingerprint density at radius 3 is 2.88 bits per heavy atom. The molecule has 1 aromatic rings. The van der Waals surface area contributed by atoms with E-state index in [1.165, 1.54) is 12.8 Å². The molecular formula is C20H30N2O3. The smallest absolute Gasteiger partial charge is 0.138 e. The van der Waals surface area contributed by atoms with E-state index in [1.807, 2.05) is 20.1 Å². The Bertz CT molecular complexity index is 619. The number of aromatic hydroxyl groups is 1. The van der Waals surface area contributed by atoms with Gasteiger partial charge in [-0.3, -0.25) is 9.88 Å². The highest BCUT2D eigenvalue weighted by Gasteiger charge is 2.51. The highest BCUT2D eigenvalue weighted by atomic mass is 16.5. The lowest BCUT2D eigenvalue weighted by molar-refractivity contribution is -0.103. The number of pyridine rings is 1. The van der Waals surface area contributed by atoms with Gasteiger partial charge < -0.3 is 14.6 Å². The van der Waals surface area contributed by atoms with Crippen molar-refractivity contribution in [3.8, 4) is 5.75 Å². The van der Waals surface area contributed by atoms with E-state index in [0.717, 1.165) is 56.1 Å². The maximum Gasteiger partial charge on any atom is 0.138 e. The molecule has 0 radical (unpaired) electrons. The third kappa shape index (κ3) is 3.55. The molecule has 1 aliphatic heterocycles. The van der Waals surface area contributed by atoms with Crippen molar-refractivity contribution in [2.45, 2.75) is 69.7 Å². The molecule has 1 saturated heterocycles. The average molecular weight is 346 g/mol. The maximum atomic E-state index is 10.2. The zero-order valence-electron chi connectivity index (χ0n) is 15.4. The fourth-order valence-corrected chi connectivity index (χ4v) is 4.57. The number of methoxy groups -OCH3 is 1. The molecule has 138 valence electrons. The average Bonchev–Trinajstić information content (AvgIpc) is 3.38. The minimum atomic E-state index is -0.0567. The molecule has 3 aliphatic rings. The normalized spacial score (nSPS) is 32.7. The van der Waals surface area contributed by atoms with Crippen LogP contribution in [0.3, 0.4) is 0 Å². The number of hydrogen-bond donors (Lipinski definition) is 1. The third-order valence-electron chi connectivity index (χ3n) is 6.36.